The molecule has 0 saturated carbocycles. The van der Waals surface area contributed by atoms with Crippen molar-refractivity contribution in [2.45, 2.75) is 4.90 Å². The van der Waals surface area contributed by atoms with Gasteiger partial charge in [-0.1, -0.05) is 11.6 Å². The molecule has 0 aliphatic carbocycles. The zero-order valence-electron chi connectivity index (χ0n) is 11.8. The summed E-state index contributed by atoms with van der Waals surface area (Å²) < 4.78 is 4.28. The summed E-state index contributed by atoms with van der Waals surface area (Å²) in [4.78, 5) is 5.88. The number of rotatable bonds is 3. The van der Waals surface area contributed by atoms with Crippen LogP contribution in [0.3, 0.4) is 0 Å². The molecule has 21 heavy (non-hydrogen) atoms. The number of nitrogens with zero attached hydrogens (tertiary/aromatic N) is 3. The lowest BCUT2D eigenvalue weighted by Crippen LogP contribution is -2.46. The predicted molar refractivity (Wildman–Crippen MR) is 94.2 cm³/mol. The van der Waals surface area contributed by atoms with Gasteiger partial charge in [0, 0.05) is 36.9 Å². The molecule has 0 unspecified atom stereocenters. The highest BCUT2D eigenvalue weighted by Crippen LogP contribution is 2.38. The van der Waals surface area contributed by atoms with Crippen LogP contribution in [-0.4, -0.2) is 36.8 Å². The highest BCUT2D eigenvalue weighted by atomic mass is 35.5. The van der Waals surface area contributed by atoms with E-state index in [0.29, 0.717) is 5.82 Å². The second kappa shape index (κ2) is 6.34. The Balaban J connectivity index is 1.68. The number of aromatic nitrogens is 1. The number of nitrogen functional groups attached to an aromatic ring is 1. The van der Waals surface area contributed by atoms with E-state index in [1.54, 1.807) is 11.8 Å². The van der Waals surface area contributed by atoms with E-state index in [4.69, 9.17) is 17.3 Å². The third kappa shape index (κ3) is 3.07. The summed E-state index contributed by atoms with van der Waals surface area (Å²) in [5.74, 6) is 0.655. The second-order valence-electron chi connectivity index (χ2n) is 4.86. The third-order valence-electron chi connectivity index (χ3n) is 3.62. The summed E-state index contributed by atoms with van der Waals surface area (Å²) in [7, 11) is 0. The van der Waals surface area contributed by atoms with Crippen molar-refractivity contribution in [1.82, 2.24) is 4.37 Å². The fourth-order valence-electron chi connectivity index (χ4n) is 2.50. The molecule has 1 aromatic heterocycles. The van der Waals surface area contributed by atoms with E-state index < -0.39 is 0 Å². The number of benzene rings is 1. The van der Waals surface area contributed by atoms with Crippen molar-refractivity contribution >= 4 is 51.4 Å². The summed E-state index contributed by atoms with van der Waals surface area (Å²) in [6.45, 7) is 3.95. The molecule has 2 heterocycles. The average molecular weight is 341 g/mol. The maximum atomic E-state index is 5.94. The maximum absolute atomic E-state index is 5.94. The van der Waals surface area contributed by atoms with Gasteiger partial charge in [0.25, 0.3) is 0 Å². The van der Waals surface area contributed by atoms with Crippen molar-refractivity contribution in [3.63, 3.8) is 0 Å². The Morgan fingerprint density at radius 3 is 2.38 bits per heavy atom. The van der Waals surface area contributed by atoms with Crippen LogP contribution < -0.4 is 15.5 Å². The van der Waals surface area contributed by atoms with Crippen LogP contribution in [0.2, 0.25) is 5.02 Å². The van der Waals surface area contributed by atoms with E-state index in [1.165, 1.54) is 22.2 Å². The summed E-state index contributed by atoms with van der Waals surface area (Å²) in [5.41, 5.74) is 7.15. The fraction of sp³-hybridized carbons (Fsp3) is 0.357. The molecule has 112 valence electrons. The number of thioether (sulfide) groups is 1. The Morgan fingerprint density at radius 2 is 1.76 bits per heavy atom. The van der Waals surface area contributed by atoms with Gasteiger partial charge in [-0.05, 0) is 42.1 Å². The van der Waals surface area contributed by atoms with Crippen LogP contribution in [-0.2, 0) is 0 Å². The molecule has 3 rings (SSSR count). The zero-order valence-corrected chi connectivity index (χ0v) is 14.1. The first-order chi connectivity index (χ1) is 10.2. The molecule has 1 aliphatic heterocycles. The van der Waals surface area contributed by atoms with E-state index in [-0.39, 0.29) is 0 Å². The summed E-state index contributed by atoms with van der Waals surface area (Å²) in [6.07, 6.45) is 2.05. The number of halogens is 1. The first-order valence-electron chi connectivity index (χ1n) is 6.73. The molecule has 0 radical (unpaired) electrons. The summed E-state index contributed by atoms with van der Waals surface area (Å²) in [6, 6.07) is 8.05. The number of nitrogens with two attached hydrogens (primary N) is 1. The van der Waals surface area contributed by atoms with Crippen LogP contribution in [0.5, 0.6) is 0 Å². The zero-order chi connectivity index (χ0) is 14.8. The molecule has 0 spiro atoms. The highest BCUT2D eigenvalue weighted by Gasteiger charge is 2.22. The van der Waals surface area contributed by atoms with Crippen molar-refractivity contribution < 1.29 is 0 Å². The van der Waals surface area contributed by atoms with E-state index in [0.717, 1.165) is 36.1 Å². The van der Waals surface area contributed by atoms with E-state index in [2.05, 4.69) is 26.3 Å². The topological polar surface area (TPSA) is 45.4 Å². The van der Waals surface area contributed by atoms with Crippen LogP contribution in [0.4, 0.5) is 16.5 Å². The molecule has 0 amide bonds. The number of hydrogen-bond acceptors (Lipinski definition) is 6. The van der Waals surface area contributed by atoms with Crippen LogP contribution in [0.15, 0.2) is 29.2 Å². The van der Waals surface area contributed by atoms with Crippen LogP contribution in [0.1, 0.15) is 0 Å². The largest absolute Gasteiger partial charge is 0.382 e. The smallest absolute Gasteiger partial charge is 0.153 e. The van der Waals surface area contributed by atoms with Gasteiger partial charge in [0.05, 0.1) is 4.90 Å². The molecule has 4 nitrogen and oxygen atoms in total. The number of hydrogen-bond donors (Lipinski definition) is 1. The van der Waals surface area contributed by atoms with Crippen LogP contribution in [0.25, 0.3) is 0 Å². The van der Waals surface area contributed by atoms with Crippen molar-refractivity contribution in [3.8, 4) is 0 Å². The van der Waals surface area contributed by atoms with Gasteiger partial charge in [0.2, 0.25) is 0 Å². The van der Waals surface area contributed by atoms with Crippen molar-refractivity contribution in [2.24, 2.45) is 0 Å². The molecule has 0 atom stereocenters. The van der Waals surface area contributed by atoms with Gasteiger partial charge in [-0.2, -0.15) is 4.37 Å². The molecule has 7 heteroatoms. The number of piperazine rings is 1. The van der Waals surface area contributed by atoms with Gasteiger partial charge in [-0.3, -0.25) is 0 Å². The Hall–Kier alpha value is -1.11. The average Bonchev–Trinajstić information content (AvgIpc) is 2.89. The van der Waals surface area contributed by atoms with Gasteiger partial charge in [0.1, 0.15) is 5.00 Å². The molecular formula is C14H17ClN4S2. The lowest BCUT2D eigenvalue weighted by Gasteiger charge is -2.36. The van der Waals surface area contributed by atoms with Crippen molar-refractivity contribution in [3.05, 3.63) is 29.3 Å². The molecule has 2 N–H and O–H groups in total. The molecular weight excluding hydrogens is 324 g/mol. The fourth-order valence-corrected chi connectivity index (χ4v) is 4.36. The Labute approximate surface area is 138 Å². The quantitative estimate of drug-likeness (QED) is 0.867. The Morgan fingerprint density at radius 1 is 1.14 bits per heavy atom. The monoisotopic (exact) mass is 340 g/mol. The lowest BCUT2D eigenvalue weighted by molar-refractivity contribution is 0.654. The van der Waals surface area contributed by atoms with Gasteiger partial charge in [-0.25, -0.2) is 0 Å². The third-order valence-corrected chi connectivity index (χ3v) is 5.74. The van der Waals surface area contributed by atoms with E-state index >= 15 is 0 Å². The minimum atomic E-state index is 0.655. The predicted octanol–water partition coefficient (Wildman–Crippen LogP) is 3.43. The second-order valence-corrected chi connectivity index (χ2v) is 6.86. The van der Waals surface area contributed by atoms with Gasteiger partial charge < -0.3 is 15.5 Å². The van der Waals surface area contributed by atoms with Gasteiger partial charge in [0.15, 0.2) is 5.82 Å². The molecule has 1 fully saturated rings. The van der Waals surface area contributed by atoms with Crippen LogP contribution >= 0.6 is 34.9 Å². The minimum absolute atomic E-state index is 0.655. The lowest BCUT2D eigenvalue weighted by atomic mass is 10.2. The normalized spacial score (nSPS) is 15.5. The van der Waals surface area contributed by atoms with E-state index in [9.17, 15) is 0 Å². The first-order valence-corrected chi connectivity index (χ1v) is 9.11. The van der Waals surface area contributed by atoms with E-state index in [1.807, 2.05) is 18.4 Å². The Kier molecular flexibility index (Phi) is 4.47. The molecule has 1 aliphatic rings. The molecule has 1 saturated heterocycles. The minimum Gasteiger partial charge on any atom is -0.382 e. The van der Waals surface area contributed by atoms with Crippen molar-refractivity contribution in [1.29, 1.82) is 0 Å². The van der Waals surface area contributed by atoms with Gasteiger partial charge >= 0.3 is 0 Å². The molecule has 2 aromatic rings. The molecule has 0 bridgehead atoms. The first kappa shape index (κ1) is 14.8. The maximum Gasteiger partial charge on any atom is 0.153 e. The SMILES string of the molecule is CSc1c(N)nsc1N1CCN(c2ccc(Cl)cc2)CC1. The summed E-state index contributed by atoms with van der Waals surface area (Å²) in [5, 5.41) is 1.98. The Bertz CT molecular complexity index is 606. The van der Waals surface area contributed by atoms with Crippen molar-refractivity contribution in [2.75, 3.05) is 48.0 Å². The molecule has 1 aromatic carbocycles. The summed E-state index contributed by atoms with van der Waals surface area (Å²) >= 11 is 9.12. The number of anilines is 3. The standard InChI is InChI=1S/C14H17ClN4S2/c1-20-12-13(16)17-21-14(12)19-8-6-18(7-9-19)11-4-2-10(15)3-5-11/h2-5H,6-9H2,1H3,(H2,16,17). The van der Waals surface area contributed by atoms with Crippen LogP contribution in [0, 0.1) is 0 Å². The highest BCUT2D eigenvalue weighted by molar-refractivity contribution is 7.99. The van der Waals surface area contributed by atoms with Gasteiger partial charge in [-0.15, -0.1) is 11.8 Å².